The Bertz CT molecular complexity index is 573. The second kappa shape index (κ2) is 4.79. The third-order valence-electron chi connectivity index (χ3n) is 2.41. The number of amides is 1. The van der Waals surface area contributed by atoms with Gasteiger partial charge in [0, 0.05) is 13.1 Å². The molecular weight excluding hydrogens is 263 g/mol. The summed E-state index contributed by atoms with van der Waals surface area (Å²) in [6.07, 6.45) is -3.13. The van der Waals surface area contributed by atoms with E-state index in [2.05, 4.69) is 10.4 Å². The molecule has 19 heavy (non-hydrogen) atoms. The predicted octanol–water partition coefficient (Wildman–Crippen LogP) is 1.96. The average molecular weight is 273 g/mol. The highest BCUT2D eigenvalue weighted by molar-refractivity contribution is 5.92. The van der Waals surface area contributed by atoms with Crippen molar-refractivity contribution >= 4 is 5.91 Å². The molecule has 8 heteroatoms. The van der Waals surface area contributed by atoms with Crippen LogP contribution in [0.4, 0.5) is 13.2 Å². The van der Waals surface area contributed by atoms with Crippen molar-refractivity contribution in [2.75, 3.05) is 0 Å². The predicted molar refractivity (Wildman–Crippen MR) is 58.1 cm³/mol. The van der Waals surface area contributed by atoms with Crippen LogP contribution in [0.1, 0.15) is 21.9 Å². The molecule has 0 aromatic carbocycles. The smallest absolute Gasteiger partial charge is 0.435 e. The Hall–Kier alpha value is -2.25. The van der Waals surface area contributed by atoms with Crippen molar-refractivity contribution in [3.05, 3.63) is 41.6 Å². The first kappa shape index (κ1) is 13.2. The lowest BCUT2D eigenvalue weighted by Gasteiger charge is -2.02. The lowest BCUT2D eigenvalue weighted by Crippen LogP contribution is -2.24. The van der Waals surface area contributed by atoms with Crippen molar-refractivity contribution in [2.24, 2.45) is 7.05 Å². The zero-order valence-electron chi connectivity index (χ0n) is 9.86. The van der Waals surface area contributed by atoms with Crippen LogP contribution in [-0.2, 0) is 19.8 Å². The summed E-state index contributed by atoms with van der Waals surface area (Å²) in [6, 6.07) is 4.00. The number of nitrogens with one attached hydrogen (secondary N) is 1. The van der Waals surface area contributed by atoms with Gasteiger partial charge in [-0.3, -0.25) is 9.48 Å². The minimum atomic E-state index is -4.57. The Morgan fingerprint density at radius 1 is 1.53 bits per heavy atom. The van der Waals surface area contributed by atoms with Crippen molar-refractivity contribution in [3.8, 4) is 0 Å². The molecule has 0 aliphatic heterocycles. The van der Waals surface area contributed by atoms with Crippen molar-refractivity contribution in [1.29, 1.82) is 0 Å². The summed E-state index contributed by atoms with van der Waals surface area (Å²) >= 11 is 0. The summed E-state index contributed by atoms with van der Waals surface area (Å²) in [7, 11) is 1.27. The van der Waals surface area contributed by atoms with E-state index in [1.165, 1.54) is 13.3 Å². The lowest BCUT2D eigenvalue weighted by atomic mass is 10.3. The molecular formula is C11H10F3N3O2. The quantitative estimate of drug-likeness (QED) is 0.930. The maximum absolute atomic E-state index is 12.4. The molecule has 2 rings (SSSR count). The molecule has 2 aromatic rings. The molecule has 0 saturated carbocycles. The van der Waals surface area contributed by atoms with E-state index >= 15 is 0 Å². The van der Waals surface area contributed by atoms with E-state index in [9.17, 15) is 18.0 Å². The van der Waals surface area contributed by atoms with E-state index in [4.69, 9.17) is 4.42 Å². The highest BCUT2D eigenvalue weighted by atomic mass is 19.4. The van der Waals surface area contributed by atoms with Gasteiger partial charge in [0.15, 0.2) is 5.69 Å². The summed E-state index contributed by atoms with van der Waals surface area (Å²) in [4.78, 5) is 11.7. The van der Waals surface area contributed by atoms with Crippen molar-refractivity contribution in [1.82, 2.24) is 15.1 Å². The second-order valence-electron chi connectivity index (χ2n) is 3.80. The van der Waals surface area contributed by atoms with Gasteiger partial charge in [-0.25, -0.2) is 0 Å². The van der Waals surface area contributed by atoms with E-state index < -0.39 is 17.8 Å². The number of aromatic nitrogens is 2. The number of carbonyl (C=O) groups is 1. The van der Waals surface area contributed by atoms with E-state index in [1.807, 2.05) is 0 Å². The van der Waals surface area contributed by atoms with Gasteiger partial charge >= 0.3 is 6.18 Å². The van der Waals surface area contributed by atoms with Crippen LogP contribution in [0.2, 0.25) is 0 Å². The van der Waals surface area contributed by atoms with Crippen LogP contribution in [0.3, 0.4) is 0 Å². The molecule has 1 N–H and O–H groups in total. The van der Waals surface area contributed by atoms with E-state index in [0.717, 1.165) is 4.68 Å². The molecule has 0 atom stereocenters. The Kier molecular flexibility index (Phi) is 3.32. The van der Waals surface area contributed by atoms with Crippen LogP contribution in [0, 0.1) is 0 Å². The molecule has 5 nitrogen and oxygen atoms in total. The maximum atomic E-state index is 12.4. The summed E-state index contributed by atoms with van der Waals surface area (Å²) in [5, 5.41) is 5.70. The van der Waals surface area contributed by atoms with Crippen LogP contribution in [-0.4, -0.2) is 15.7 Å². The fraction of sp³-hybridized carbons (Fsp3) is 0.273. The third-order valence-corrected chi connectivity index (χ3v) is 2.41. The van der Waals surface area contributed by atoms with E-state index in [-0.39, 0.29) is 12.2 Å². The van der Waals surface area contributed by atoms with Gasteiger partial charge in [-0.15, -0.1) is 0 Å². The zero-order chi connectivity index (χ0) is 14.0. The number of aryl methyl sites for hydroxylation is 1. The number of alkyl halides is 3. The number of hydrogen-bond donors (Lipinski definition) is 1. The van der Waals surface area contributed by atoms with Gasteiger partial charge < -0.3 is 9.73 Å². The molecule has 1 amide bonds. The second-order valence-corrected chi connectivity index (χ2v) is 3.80. The number of rotatable bonds is 3. The number of nitrogens with zero attached hydrogens (tertiary/aromatic N) is 2. The minimum Gasteiger partial charge on any atom is -0.467 e. The Balaban J connectivity index is 2.09. The summed E-state index contributed by atoms with van der Waals surface area (Å²) < 4.78 is 43.2. The molecule has 0 radical (unpaired) electrons. The first-order valence-electron chi connectivity index (χ1n) is 5.30. The van der Waals surface area contributed by atoms with Crippen LogP contribution in [0.15, 0.2) is 28.9 Å². The van der Waals surface area contributed by atoms with Gasteiger partial charge in [0.1, 0.15) is 11.5 Å². The Morgan fingerprint density at radius 2 is 2.26 bits per heavy atom. The number of carbonyl (C=O) groups excluding carboxylic acids is 1. The monoisotopic (exact) mass is 273 g/mol. The van der Waals surface area contributed by atoms with Gasteiger partial charge in [0.05, 0.1) is 12.8 Å². The SMILES string of the molecule is Cn1nc(C(F)(F)F)cc1C(=O)NCc1ccco1. The van der Waals surface area contributed by atoms with Gasteiger partial charge in [0.2, 0.25) is 0 Å². The first-order valence-corrected chi connectivity index (χ1v) is 5.30. The van der Waals surface area contributed by atoms with Gasteiger partial charge in [-0.2, -0.15) is 18.3 Å². The molecule has 102 valence electrons. The minimum absolute atomic E-state index is 0.0956. The summed E-state index contributed by atoms with van der Waals surface area (Å²) in [5.74, 6) is -0.145. The van der Waals surface area contributed by atoms with Crippen molar-refractivity contribution in [2.45, 2.75) is 12.7 Å². The third kappa shape index (κ3) is 2.95. The normalized spacial score (nSPS) is 11.6. The molecule has 0 spiro atoms. The van der Waals surface area contributed by atoms with Crippen LogP contribution in [0.5, 0.6) is 0 Å². The van der Waals surface area contributed by atoms with Gasteiger partial charge in [-0.05, 0) is 12.1 Å². The molecule has 0 unspecified atom stereocenters. The van der Waals surface area contributed by atoms with Crippen molar-refractivity contribution in [3.63, 3.8) is 0 Å². The standard InChI is InChI=1S/C11H10F3N3O2/c1-17-8(5-9(16-17)11(12,13)14)10(18)15-6-7-3-2-4-19-7/h2-5H,6H2,1H3,(H,15,18). The fourth-order valence-electron chi connectivity index (χ4n) is 1.49. The number of halogens is 3. The first-order chi connectivity index (χ1) is 8.88. The van der Waals surface area contributed by atoms with Gasteiger partial charge in [0.25, 0.3) is 5.91 Å². The Labute approximate surface area is 106 Å². The topological polar surface area (TPSA) is 60.1 Å². The Morgan fingerprint density at radius 3 is 2.79 bits per heavy atom. The molecule has 0 bridgehead atoms. The van der Waals surface area contributed by atoms with Crippen LogP contribution in [0.25, 0.3) is 0 Å². The molecule has 0 aliphatic carbocycles. The highest BCUT2D eigenvalue weighted by Gasteiger charge is 2.35. The zero-order valence-corrected chi connectivity index (χ0v) is 9.86. The average Bonchev–Trinajstić information content (AvgIpc) is 2.93. The highest BCUT2D eigenvalue weighted by Crippen LogP contribution is 2.28. The molecule has 0 aliphatic rings. The fourth-order valence-corrected chi connectivity index (χ4v) is 1.49. The lowest BCUT2D eigenvalue weighted by molar-refractivity contribution is -0.141. The summed E-state index contributed by atoms with van der Waals surface area (Å²) in [6.45, 7) is 0.0956. The molecule has 0 saturated heterocycles. The van der Waals surface area contributed by atoms with E-state index in [1.54, 1.807) is 12.1 Å². The maximum Gasteiger partial charge on any atom is 0.435 e. The van der Waals surface area contributed by atoms with Gasteiger partial charge in [-0.1, -0.05) is 0 Å². The molecule has 0 fully saturated rings. The molecule has 2 heterocycles. The summed E-state index contributed by atoms with van der Waals surface area (Å²) in [5.41, 5.74) is -1.27. The van der Waals surface area contributed by atoms with Crippen LogP contribution >= 0.6 is 0 Å². The number of hydrogen-bond acceptors (Lipinski definition) is 3. The number of furan rings is 1. The largest absolute Gasteiger partial charge is 0.467 e. The van der Waals surface area contributed by atoms with Crippen molar-refractivity contribution < 1.29 is 22.4 Å². The molecule has 2 aromatic heterocycles. The van der Waals surface area contributed by atoms with Crippen LogP contribution < -0.4 is 5.32 Å². The van der Waals surface area contributed by atoms with E-state index in [0.29, 0.717) is 11.8 Å².